The minimum absolute atomic E-state index is 0.0347. The van der Waals surface area contributed by atoms with Crippen LogP contribution in [0.1, 0.15) is 28.8 Å². The third kappa shape index (κ3) is 5.76. The molecule has 0 saturated carbocycles. The maximum atomic E-state index is 12.2. The number of methoxy groups -OCH3 is 1. The number of esters is 1. The fourth-order valence-electron chi connectivity index (χ4n) is 2.17. The molecule has 0 unspecified atom stereocenters. The zero-order valence-corrected chi connectivity index (χ0v) is 14.2. The zero-order valence-electron chi connectivity index (χ0n) is 14.2. The van der Waals surface area contributed by atoms with Crippen molar-refractivity contribution < 1.29 is 19.1 Å². The van der Waals surface area contributed by atoms with E-state index in [1.54, 1.807) is 30.3 Å². The van der Waals surface area contributed by atoms with Gasteiger partial charge in [0.2, 0.25) is 5.91 Å². The normalized spacial score (nSPS) is 10.0. The van der Waals surface area contributed by atoms with E-state index in [4.69, 9.17) is 0 Å². The molecule has 0 aliphatic heterocycles. The molecular weight excluding hydrogens is 320 g/mol. The molecule has 0 atom stereocenters. The maximum absolute atomic E-state index is 12.2. The average Bonchev–Trinajstić information content (AvgIpc) is 2.61. The molecule has 130 valence electrons. The molecule has 6 nitrogen and oxygen atoms in total. The van der Waals surface area contributed by atoms with E-state index in [2.05, 4.69) is 15.4 Å². The van der Waals surface area contributed by atoms with Crippen LogP contribution in [0.25, 0.3) is 0 Å². The maximum Gasteiger partial charge on any atom is 0.306 e. The highest BCUT2D eigenvalue weighted by Crippen LogP contribution is 2.15. The second kappa shape index (κ2) is 8.63. The minimum Gasteiger partial charge on any atom is -0.469 e. The van der Waals surface area contributed by atoms with Crippen molar-refractivity contribution >= 4 is 29.2 Å². The van der Waals surface area contributed by atoms with Crippen LogP contribution in [-0.2, 0) is 14.3 Å². The Hall–Kier alpha value is -3.15. The first-order valence-corrected chi connectivity index (χ1v) is 7.82. The molecule has 2 aromatic rings. The quantitative estimate of drug-likeness (QED) is 0.791. The summed E-state index contributed by atoms with van der Waals surface area (Å²) in [6, 6.07) is 14.1. The molecule has 25 heavy (non-hydrogen) atoms. The van der Waals surface area contributed by atoms with E-state index in [9.17, 15) is 14.4 Å². The van der Waals surface area contributed by atoms with Crippen LogP contribution in [0.3, 0.4) is 0 Å². The summed E-state index contributed by atoms with van der Waals surface area (Å²) in [5.74, 6) is -0.898. The number of aryl methyl sites for hydroxylation is 1. The van der Waals surface area contributed by atoms with E-state index in [0.717, 1.165) is 5.56 Å². The van der Waals surface area contributed by atoms with Gasteiger partial charge >= 0.3 is 5.97 Å². The Kier molecular flexibility index (Phi) is 6.28. The molecule has 0 aromatic heterocycles. The summed E-state index contributed by atoms with van der Waals surface area (Å²) >= 11 is 0. The Labute approximate surface area is 146 Å². The molecule has 6 heteroatoms. The molecule has 0 aliphatic rings. The van der Waals surface area contributed by atoms with Gasteiger partial charge in [-0.05, 0) is 43.3 Å². The topological polar surface area (TPSA) is 84.5 Å². The number of amides is 2. The Morgan fingerprint density at radius 3 is 2.16 bits per heavy atom. The molecule has 0 fully saturated rings. The van der Waals surface area contributed by atoms with Crippen molar-refractivity contribution in [3.8, 4) is 0 Å². The second-order valence-electron chi connectivity index (χ2n) is 5.53. The van der Waals surface area contributed by atoms with E-state index in [1.165, 1.54) is 7.11 Å². The SMILES string of the molecule is COC(=O)CCC(=O)Nc1ccc(NC(=O)c2cccc(C)c2)cc1. The van der Waals surface area contributed by atoms with Gasteiger partial charge in [0.05, 0.1) is 13.5 Å². The fraction of sp³-hybridized carbons (Fsp3) is 0.211. The lowest BCUT2D eigenvalue weighted by Gasteiger charge is -2.08. The van der Waals surface area contributed by atoms with Gasteiger partial charge in [0.25, 0.3) is 5.91 Å². The zero-order chi connectivity index (χ0) is 18.2. The lowest BCUT2D eigenvalue weighted by atomic mass is 10.1. The lowest BCUT2D eigenvalue weighted by molar-refractivity contribution is -0.141. The van der Waals surface area contributed by atoms with Gasteiger partial charge in [0.1, 0.15) is 0 Å². The molecule has 0 radical (unpaired) electrons. The number of hydrogen-bond donors (Lipinski definition) is 2. The van der Waals surface area contributed by atoms with E-state index in [0.29, 0.717) is 16.9 Å². The van der Waals surface area contributed by atoms with Gasteiger partial charge in [0.15, 0.2) is 0 Å². The summed E-state index contributed by atoms with van der Waals surface area (Å²) in [4.78, 5) is 34.9. The first kappa shape index (κ1) is 18.2. The van der Waals surface area contributed by atoms with Crippen LogP contribution in [-0.4, -0.2) is 24.9 Å². The first-order valence-electron chi connectivity index (χ1n) is 7.82. The minimum atomic E-state index is -0.427. The van der Waals surface area contributed by atoms with E-state index in [-0.39, 0.29) is 24.7 Å². The van der Waals surface area contributed by atoms with Crippen LogP contribution in [0.5, 0.6) is 0 Å². The summed E-state index contributed by atoms with van der Waals surface area (Å²) < 4.78 is 4.49. The third-order valence-corrected chi connectivity index (χ3v) is 3.49. The molecule has 2 aromatic carbocycles. The molecule has 2 amide bonds. The Balaban J connectivity index is 1.90. The average molecular weight is 340 g/mol. The van der Waals surface area contributed by atoms with Gasteiger partial charge in [0, 0.05) is 23.4 Å². The van der Waals surface area contributed by atoms with E-state index < -0.39 is 5.97 Å². The number of benzene rings is 2. The molecular formula is C19H20N2O4. The molecule has 0 bridgehead atoms. The van der Waals surface area contributed by atoms with Crippen LogP contribution in [0.2, 0.25) is 0 Å². The van der Waals surface area contributed by atoms with Crippen molar-refractivity contribution in [1.29, 1.82) is 0 Å². The standard InChI is InChI=1S/C19H20N2O4/c1-13-4-3-5-14(12-13)19(24)21-16-8-6-15(7-9-16)20-17(22)10-11-18(23)25-2/h3-9,12H,10-11H2,1-2H3,(H,20,22)(H,21,24). The smallest absolute Gasteiger partial charge is 0.306 e. The largest absolute Gasteiger partial charge is 0.469 e. The van der Waals surface area contributed by atoms with E-state index in [1.807, 2.05) is 25.1 Å². The molecule has 0 aliphatic carbocycles. The number of rotatable bonds is 6. The van der Waals surface area contributed by atoms with Crippen molar-refractivity contribution in [3.63, 3.8) is 0 Å². The number of ether oxygens (including phenoxy) is 1. The summed E-state index contributed by atoms with van der Waals surface area (Å²) in [5.41, 5.74) is 2.81. The van der Waals surface area contributed by atoms with Gasteiger partial charge in [-0.3, -0.25) is 14.4 Å². The van der Waals surface area contributed by atoms with Gasteiger partial charge in [-0.2, -0.15) is 0 Å². The molecule has 0 spiro atoms. The number of carbonyl (C=O) groups is 3. The monoisotopic (exact) mass is 340 g/mol. The molecule has 2 N–H and O–H groups in total. The summed E-state index contributed by atoms with van der Waals surface area (Å²) in [6.45, 7) is 1.93. The highest BCUT2D eigenvalue weighted by Gasteiger charge is 2.08. The number of anilines is 2. The Morgan fingerprint density at radius 2 is 1.56 bits per heavy atom. The second-order valence-corrected chi connectivity index (χ2v) is 5.53. The first-order chi connectivity index (χ1) is 12.0. The Bertz CT molecular complexity index is 769. The Morgan fingerprint density at radius 1 is 0.920 bits per heavy atom. The van der Waals surface area contributed by atoms with E-state index >= 15 is 0 Å². The highest BCUT2D eigenvalue weighted by atomic mass is 16.5. The van der Waals surface area contributed by atoms with Gasteiger partial charge in [-0.1, -0.05) is 17.7 Å². The van der Waals surface area contributed by atoms with Crippen LogP contribution in [0.4, 0.5) is 11.4 Å². The summed E-state index contributed by atoms with van der Waals surface area (Å²) in [6.07, 6.45) is 0.0888. The number of hydrogen-bond acceptors (Lipinski definition) is 4. The van der Waals surface area contributed by atoms with Crippen molar-refractivity contribution in [2.75, 3.05) is 17.7 Å². The number of carbonyl (C=O) groups excluding carboxylic acids is 3. The molecule has 2 rings (SSSR count). The van der Waals surface area contributed by atoms with Gasteiger partial charge in [-0.15, -0.1) is 0 Å². The van der Waals surface area contributed by atoms with Crippen LogP contribution in [0.15, 0.2) is 48.5 Å². The fourth-order valence-corrected chi connectivity index (χ4v) is 2.17. The van der Waals surface area contributed by atoms with Crippen molar-refractivity contribution in [1.82, 2.24) is 0 Å². The summed E-state index contributed by atoms with van der Waals surface area (Å²) in [5, 5.41) is 5.48. The van der Waals surface area contributed by atoms with Crippen LogP contribution >= 0.6 is 0 Å². The predicted octanol–water partition coefficient (Wildman–Crippen LogP) is 3.14. The van der Waals surface area contributed by atoms with Crippen molar-refractivity contribution in [2.45, 2.75) is 19.8 Å². The molecule has 0 heterocycles. The van der Waals surface area contributed by atoms with Crippen LogP contribution < -0.4 is 10.6 Å². The number of nitrogens with one attached hydrogen (secondary N) is 2. The van der Waals surface area contributed by atoms with Gasteiger partial charge < -0.3 is 15.4 Å². The predicted molar refractivity (Wildman–Crippen MR) is 95.5 cm³/mol. The van der Waals surface area contributed by atoms with Crippen molar-refractivity contribution in [3.05, 3.63) is 59.7 Å². The van der Waals surface area contributed by atoms with Crippen molar-refractivity contribution in [2.24, 2.45) is 0 Å². The lowest BCUT2D eigenvalue weighted by Crippen LogP contribution is -2.14. The molecule has 0 saturated heterocycles. The third-order valence-electron chi connectivity index (χ3n) is 3.49. The van der Waals surface area contributed by atoms with Gasteiger partial charge in [-0.25, -0.2) is 0 Å². The highest BCUT2D eigenvalue weighted by molar-refractivity contribution is 6.04. The van der Waals surface area contributed by atoms with Crippen LogP contribution in [0, 0.1) is 6.92 Å². The summed E-state index contributed by atoms with van der Waals surface area (Å²) in [7, 11) is 1.28.